The minimum Gasteiger partial charge on any atom is -1.00 e. The van der Waals surface area contributed by atoms with Gasteiger partial charge in [-0.2, -0.15) is 4.57 Å². The molecule has 0 aliphatic rings. The highest BCUT2D eigenvalue weighted by Gasteiger charge is 2.46. The van der Waals surface area contributed by atoms with Crippen LogP contribution in [0.3, 0.4) is 0 Å². The summed E-state index contributed by atoms with van der Waals surface area (Å²) in [5, 5.41) is 0. The molecule has 0 bridgehead atoms. The Kier molecular flexibility index (Phi) is 9.04. The summed E-state index contributed by atoms with van der Waals surface area (Å²) in [5.41, 5.74) is 1.03. The van der Waals surface area contributed by atoms with Gasteiger partial charge in [-0.05, 0) is 20.8 Å². The van der Waals surface area contributed by atoms with Crippen LogP contribution in [-0.4, -0.2) is 28.6 Å². The predicted octanol–water partition coefficient (Wildman–Crippen LogP) is -1.53. The summed E-state index contributed by atoms with van der Waals surface area (Å²) in [5.74, 6) is 0. The van der Waals surface area contributed by atoms with Crippen LogP contribution in [0.2, 0.25) is 0 Å². The summed E-state index contributed by atoms with van der Waals surface area (Å²) in [4.78, 5) is 0. The van der Waals surface area contributed by atoms with Crippen molar-refractivity contribution in [2.75, 3.05) is 19.8 Å². The van der Waals surface area contributed by atoms with Crippen molar-refractivity contribution in [2.45, 2.75) is 33.9 Å². The van der Waals surface area contributed by atoms with Crippen molar-refractivity contribution < 1.29 is 46.2 Å². The van der Waals surface area contributed by atoms with E-state index < -0.39 is 8.80 Å². The number of hydrogen-bond donors (Lipinski definition) is 0. The van der Waals surface area contributed by atoms with Gasteiger partial charge in [0, 0.05) is 26.7 Å². The average molecular weight is 387 g/mol. The van der Waals surface area contributed by atoms with E-state index in [1.54, 1.807) is 12.7 Å². The monoisotopic (exact) mass is 387 g/mol. The first-order chi connectivity index (χ1) is 8.17. The van der Waals surface area contributed by atoms with E-state index in [1.165, 1.54) is 0 Å². The Morgan fingerprint density at radius 2 is 1.61 bits per heavy atom. The Morgan fingerprint density at radius 1 is 1.11 bits per heavy atom. The highest BCUT2D eigenvalue weighted by molar-refractivity contribution is 6.58. The summed E-state index contributed by atoms with van der Waals surface area (Å²) in [6, 6.07) is 0. The van der Waals surface area contributed by atoms with Crippen molar-refractivity contribution in [3.05, 3.63) is 18.4 Å². The van der Waals surface area contributed by atoms with E-state index in [1.807, 2.05) is 32.3 Å². The molecule has 7 heteroatoms. The maximum absolute atomic E-state index is 5.77. The Hall–Kier alpha value is 0.0369. The minimum absolute atomic E-state index is 0. The molecule has 1 heterocycles. The van der Waals surface area contributed by atoms with Gasteiger partial charge >= 0.3 is 15.2 Å². The first-order valence-electron chi connectivity index (χ1n) is 6.01. The highest BCUT2D eigenvalue weighted by Crippen LogP contribution is 2.11. The van der Waals surface area contributed by atoms with Gasteiger partial charge in [-0.1, -0.05) is 0 Å². The SMILES string of the molecule is CCO[Si](C[n+]1cocc1C)(OCC)OCC.[I-]. The molecule has 1 aromatic heterocycles. The van der Waals surface area contributed by atoms with Gasteiger partial charge in [0.05, 0.1) is 0 Å². The lowest BCUT2D eigenvalue weighted by Gasteiger charge is -2.25. The van der Waals surface area contributed by atoms with Crippen LogP contribution in [0.25, 0.3) is 0 Å². The summed E-state index contributed by atoms with van der Waals surface area (Å²) in [6.07, 6.45) is 3.95. The van der Waals surface area contributed by atoms with Gasteiger partial charge in [-0.3, -0.25) is 0 Å². The predicted molar refractivity (Wildman–Crippen MR) is 64.3 cm³/mol. The molecule has 0 saturated carbocycles. The molecule has 0 aliphatic carbocycles. The maximum atomic E-state index is 5.77. The molecule has 0 saturated heterocycles. The molecule has 0 atom stereocenters. The van der Waals surface area contributed by atoms with Crippen LogP contribution in [0, 0.1) is 6.92 Å². The summed E-state index contributed by atoms with van der Waals surface area (Å²) < 4.78 is 24.4. The number of oxazole rings is 1. The lowest BCUT2D eigenvalue weighted by Crippen LogP contribution is -3.00. The number of nitrogens with zero attached hydrogens (tertiary/aromatic N) is 1. The van der Waals surface area contributed by atoms with Gasteiger partial charge in [-0.25, -0.2) is 0 Å². The molecule has 0 fully saturated rings. The third-order valence-electron chi connectivity index (χ3n) is 2.34. The van der Waals surface area contributed by atoms with Crippen molar-refractivity contribution in [1.29, 1.82) is 0 Å². The van der Waals surface area contributed by atoms with Crippen molar-refractivity contribution >= 4 is 8.80 Å². The standard InChI is InChI=1S/C11H22NO4Si.HI/c1-5-14-17(15-6-2,16-7-3)10-12-9-13-8-11(12)4;/h8-9H,5-7,10H2,1-4H3;1H/q+1;/p-1. The van der Waals surface area contributed by atoms with E-state index in [4.69, 9.17) is 17.7 Å². The second kappa shape index (κ2) is 9.02. The normalized spacial score (nSPS) is 11.3. The van der Waals surface area contributed by atoms with Gasteiger partial charge in [0.25, 0.3) is 0 Å². The fraction of sp³-hybridized carbons (Fsp3) is 0.727. The van der Waals surface area contributed by atoms with E-state index >= 15 is 0 Å². The van der Waals surface area contributed by atoms with Crippen molar-refractivity contribution in [3.8, 4) is 0 Å². The number of rotatable bonds is 8. The van der Waals surface area contributed by atoms with E-state index in [0.717, 1.165) is 5.69 Å². The van der Waals surface area contributed by atoms with Crippen LogP contribution in [0.1, 0.15) is 26.5 Å². The molecular weight excluding hydrogens is 365 g/mol. The number of aromatic nitrogens is 1. The second-order valence-electron chi connectivity index (χ2n) is 3.61. The van der Waals surface area contributed by atoms with Gasteiger partial charge in [0.1, 0.15) is 0 Å². The topological polar surface area (TPSA) is 44.7 Å². The van der Waals surface area contributed by atoms with E-state index in [0.29, 0.717) is 26.0 Å². The van der Waals surface area contributed by atoms with Crippen LogP contribution < -0.4 is 28.5 Å². The quantitative estimate of drug-likeness (QED) is 0.309. The Labute approximate surface area is 127 Å². The van der Waals surface area contributed by atoms with Crippen molar-refractivity contribution in [3.63, 3.8) is 0 Å². The zero-order valence-corrected chi connectivity index (χ0v) is 14.6. The average Bonchev–Trinajstić information content (AvgIpc) is 2.65. The van der Waals surface area contributed by atoms with E-state index in [-0.39, 0.29) is 24.0 Å². The van der Waals surface area contributed by atoms with Crippen LogP contribution in [0.15, 0.2) is 17.1 Å². The van der Waals surface area contributed by atoms with Gasteiger partial charge in [0.2, 0.25) is 11.9 Å². The molecule has 0 radical (unpaired) electrons. The number of aryl methyl sites for hydroxylation is 1. The van der Waals surface area contributed by atoms with Crippen molar-refractivity contribution in [2.24, 2.45) is 0 Å². The fourth-order valence-corrected chi connectivity index (χ4v) is 4.23. The highest BCUT2D eigenvalue weighted by atomic mass is 127. The molecule has 0 N–H and O–H groups in total. The largest absolute Gasteiger partial charge is 1.00 e. The molecule has 0 amide bonds. The molecule has 0 aromatic carbocycles. The fourth-order valence-electron chi connectivity index (χ4n) is 1.65. The Balaban J connectivity index is 0.00000289. The zero-order valence-electron chi connectivity index (χ0n) is 11.4. The Morgan fingerprint density at radius 3 is 1.94 bits per heavy atom. The van der Waals surface area contributed by atoms with Gasteiger partial charge in [-0.15, -0.1) is 0 Å². The molecule has 106 valence electrons. The molecule has 5 nitrogen and oxygen atoms in total. The smallest absolute Gasteiger partial charge is 0.570 e. The number of hydrogen-bond acceptors (Lipinski definition) is 4. The summed E-state index contributed by atoms with van der Waals surface area (Å²) in [7, 11) is -2.63. The molecule has 1 aromatic rings. The third-order valence-corrected chi connectivity index (χ3v) is 5.25. The molecule has 0 unspecified atom stereocenters. The lowest BCUT2D eigenvalue weighted by atomic mass is 10.6. The van der Waals surface area contributed by atoms with Crippen LogP contribution in [-0.2, 0) is 19.4 Å². The molecule has 0 aliphatic heterocycles. The first-order valence-corrected chi connectivity index (χ1v) is 7.94. The second-order valence-corrected chi connectivity index (χ2v) is 6.16. The number of halogens is 1. The van der Waals surface area contributed by atoms with Crippen molar-refractivity contribution in [1.82, 2.24) is 0 Å². The van der Waals surface area contributed by atoms with Crippen LogP contribution >= 0.6 is 0 Å². The first kappa shape index (κ1) is 18.0. The Bertz CT molecular complexity index is 318. The van der Waals surface area contributed by atoms with Crippen LogP contribution in [0.5, 0.6) is 0 Å². The molecule has 0 spiro atoms. The van der Waals surface area contributed by atoms with Gasteiger partial charge < -0.3 is 41.7 Å². The van der Waals surface area contributed by atoms with E-state index in [9.17, 15) is 0 Å². The summed E-state index contributed by atoms with van der Waals surface area (Å²) >= 11 is 0. The molecular formula is C11H22INO4Si. The van der Waals surface area contributed by atoms with Gasteiger partial charge in [0.15, 0.2) is 6.26 Å². The van der Waals surface area contributed by atoms with Crippen LogP contribution in [0.4, 0.5) is 0 Å². The third kappa shape index (κ3) is 4.96. The molecule has 18 heavy (non-hydrogen) atoms. The summed E-state index contributed by atoms with van der Waals surface area (Å²) in [6.45, 7) is 9.59. The maximum Gasteiger partial charge on any atom is 0.570 e. The van der Waals surface area contributed by atoms with E-state index in [2.05, 4.69) is 0 Å². The minimum atomic E-state index is -2.63. The zero-order chi connectivity index (χ0) is 12.7. The lowest BCUT2D eigenvalue weighted by molar-refractivity contribution is -0.694. The molecule has 1 rings (SSSR count).